The van der Waals surface area contributed by atoms with Crippen LogP contribution in [-0.4, -0.2) is 29.1 Å². The third-order valence-corrected chi connectivity index (χ3v) is 1.80. The van der Waals surface area contributed by atoms with Crippen LogP contribution in [0.1, 0.15) is 19.8 Å². The first-order chi connectivity index (χ1) is 5.80. The molecule has 0 amide bonds. The molecule has 0 bridgehead atoms. The van der Waals surface area contributed by atoms with Crippen LogP contribution in [0.25, 0.3) is 0 Å². The van der Waals surface area contributed by atoms with Crippen LogP contribution in [0.2, 0.25) is 0 Å². The fraction of sp³-hybridized carbons (Fsp3) is 0.857. The zero-order chi connectivity index (χ0) is 10.6. The zero-order valence-corrected chi connectivity index (χ0v) is 7.34. The first kappa shape index (κ1) is 12.2. The average molecular weight is 196 g/mol. The SMILES string of the molecule is C[C@@H](N)CCC(N)(C(=O)O)C(F)F. The van der Waals surface area contributed by atoms with E-state index in [1.54, 1.807) is 6.92 Å². The van der Waals surface area contributed by atoms with Gasteiger partial charge < -0.3 is 16.6 Å². The lowest BCUT2D eigenvalue weighted by molar-refractivity contribution is -0.150. The highest BCUT2D eigenvalue weighted by Crippen LogP contribution is 2.19. The van der Waals surface area contributed by atoms with Crippen LogP contribution in [0.5, 0.6) is 0 Å². The van der Waals surface area contributed by atoms with Gasteiger partial charge >= 0.3 is 5.97 Å². The summed E-state index contributed by atoms with van der Waals surface area (Å²) in [5.74, 6) is -1.69. The molecule has 0 radical (unpaired) electrons. The number of carboxylic acids is 1. The quantitative estimate of drug-likeness (QED) is 0.584. The maximum atomic E-state index is 12.2. The van der Waals surface area contributed by atoms with Crippen molar-refractivity contribution >= 4 is 5.97 Å². The minimum absolute atomic E-state index is 0.160. The second kappa shape index (κ2) is 4.48. The fourth-order valence-corrected chi connectivity index (χ4v) is 0.776. The smallest absolute Gasteiger partial charge is 0.329 e. The second-order valence-corrected chi connectivity index (χ2v) is 3.16. The predicted octanol–water partition coefficient (Wildman–Crippen LogP) is 0.161. The molecule has 0 rings (SSSR count). The molecule has 6 heteroatoms. The lowest BCUT2D eigenvalue weighted by Gasteiger charge is -2.24. The van der Waals surface area contributed by atoms with Gasteiger partial charge in [-0.15, -0.1) is 0 Å². The van der Waals surface area contributed by atoms with Crippen molar-refractivity contribution in [3.05, 3.63) is 0 Å². The molecule has 1 unspecified atom stereocenters. The zero-order valence-electron chi connectivity index (χ0n) is 7.34. The van der Waals surface area contributed by atoms with Crippen molar-refractivity contribution in [3.8, 4) is 0 Å². The third-order valence-electron chi connectivity index (χ3n) is 1.80. The van der Waals surface area contributed by atoms with Crippen LogP contribution in [0.15, 0.2) is 0 Å². The highest BCUT2D eigenvalue weighted by Gasteiger charge is 2.43. The summed E-state index contributed by atoms with van der Waals surface area (Å²) in [4.78, 5) is 10.4. The first-order valence-corrected chi connectivity index (χ1v) is 3.86. The molecule has 78 valence electrons. The van der Waals surface area contributed by atoms with Crippen LogP contribution in [0, 0.1) is 0 Å². The minimum atomic E-state index is -3.08. The van der Waals surface area contributed by atoms with Crippen molar-refractivity contribution in [1.29, 1.82) is 0 Å². The summed E-state index contributed by atoms with van der Waals surface area (Å²) in [6.07, 6.45) is -3.24. The van der Waals surface area contributed by atoms with Crippen LogP contribution in [-0.2, 0) is 4.79 Å². The number of alkyl halides is 2. The van der Waals surface area contributed by atoms with E-state index in [1.165, 1.54) is 0 Å². The van der Waals surface area contributed by atoms with Crippen molar-refractivity contribution in [2.24, 2.45) is 11.5 Å². The molecule has 0 aliphatic carbocycles. The van der Waals surface area contributed by atoms with E-state index in [9.17, 15) is 13.6 Å². The van der Waals surface area contributed by atoms with E-state index in [1.807, 2.05) is 0 Å². The van der Waals surface area contributed by atoms with Gasteiger partial charge in [0.15, 0.2) is 5.54 Å². The average Bonchev–Trinajstić information content (AvgIpc) is 1.99. The molecule has 0 aliphatic heterocycles. The van der Waals surface area contributed by atoms with Crippen LogP contribution >= 0.6 is 0 Å². The molecule has 0 aliphatic rings. The molecule has 0 fully saturated rings. The van der Waals surface area contributed by atoms with E-state index < -0.39 is 17.9 Å². The number of hydrogen-bond donors (Lipinski definition) is 3. The topological polar surface area (TPSA) is 89.3 Å². The minimum Gasteiger partial charge on any atom is -0.480 e. The Morgan fingerprint density at radius 2 is 2.08 bits per heavy atom. The summed E-state index contributed by atoms with van der Waals surface area (Å²) in [7, 11) is 0. The lowest BCUT2D eigenvalue weighted by Crippen LogP contribution is -2.54. The Hall–Kier alpha value is -0.750. The normalized spacial score (nSPS) is 18.3. The van der Waals surface area contributed by atoms with Crippen molar-refractivity contribution in [2.45, 2.75) is 37.8 Å². The Morgan fingerprint density at radius 1 is 1.62 bits per heavy atom. The molecule has 0 aromatic heterocycles. The van der Waals surface area contributed by atoms with Crippen molar-refractivity contribution in [1.82, 2.24) is 0 Å². The lowest BCUT2D eigenvalue weighted by atomic mass is 9.93. The van der Waals surface area contributed by atoms with E-state index in [0.29, 0.717) is 0 Å². The number of rotatable bonds is 5. The highest BCUT2D eigenvalue weighted by molar-refractivity contribution is 5.79. The van der Waals surface area contributed by atoms with Crippen LogP contribution in [0.3, 0.4) is 0 Å². The predicted molar refractivity (Wildman–Crippen MR) is 43.4 cm³/mol. The van der Waals surface area contributed by atoms with E-state index >= 15 is 0 Å². The number of halogens is 2. The summed E-state index contributed by atoms with van der Waals surface area (Å²) < 4.78 is 24.5. The molecule has 0 spiro atoms. The Morgan fingerprint density at radius 3 is 2.31 bits per heavy atom. The van der Waals surface area contributed by atoms with Crippen molar-refractivity contribution in [2.75, 3.05) is 0 Å². The molecule has 0 aromatic rings. The summed E-state index contributed by atoms with van der Waals surface area (Å²) in [5.41, 5.74) is 7.87. The Bertz CT molecular complexity index is 187. The maximum Gasteiger partial charge on any atom is 0.329 e. The van der Waals surface area contributed by atoms with Gasteiger partial charge in [-0.05, 0) is 19.8 Å². The largest absolute Gasteiger partial charge is 0.480 e. The molecule has 4 nitrogen and oxygen atoms in total. The van der Waals surface area contributed by atoms with Gasteiger partial charge in [0, 0.05) is 6.04 Å². The fourth-order valence-electron chi connectivity index (χ4n) is 0.776. The van der Waals surface area contributed by atoms with E-state index in [0.717, 1.165) is 0 Å². The standard InChI is InChI=1S/C7H14F2N2O2/c1-4(10)2-3-7(11,5(8)9)6(12)13/h4-5H,2-3,10-11H2,1H3,(H,12,13)/t4-,7?/m1/s1. The summed E-state index contributed by atoms with van der Waals surface area (Å²) in [6, 6.07) is -0.332. The second-order valence-electron chi connectivity index (χ2n) is 3.16. The molecule has 0 saturated carbocycles. The van der Waals surface area contributed by atoms with E-state index in [-0.39, 0.29) is 18.9 Å². The van der Waals surface area contributed by atoms with Crippen LogP contribution < -0.4 is 11.5 Å². The van der Waals surface area contributed by atoms with Gasteiger partial charge in [0.2, 0.25) is 0 Å². The summed E-state index contributed by atoms with van der Waals surface area (Å²) in [5, 5.41) is 8.47. The van der Waals surface area contributed by atoms with Crippen LogP contribution in [0.4, 0.5) is 8.78 Å². The molecule has 0 aromatic carbocycles. The Labute approximate surface area is 74.9 Å². The first-order valence-electron chi connectivity index (χ1n) is 3.86. The van der Waals surface area contributed by atoms with Gasteiger partial charge in [0.25, 0.3) is 6.43 Å². The van der Waals surface area contributed by atoms with Gasteiger partial charge in [0.05, 0.1) is 0 Å². The van der Waals surface area contributed by atoms with E-state index in [4.69, 9.17) is 16.6 Å². The molecule has 0 saturated heterocycles. The number of carbonyl (C=O) groups is 1. The number of aliphatic carboxylic acids is 1. The van der Waals surface area contributed by atoms with Gasteiger partial charge in [0.1, 0.15) is 0 Å². The van der Waals surface area contributed by atoms with Gasteiger partial charge in [-0.25, -0.2) is 13.6 Å². The third kappa shape index (κ3) is 3.23. The maximum absolute atomic E-state index is 12.2. The van der Waals surface area contributed by atoms with Crippen molar-refractivity contribution in [3.63, 3.8) is 0 Å². The number of nitrogens with two attached hydrogens (primary N) is 2. The monoisotopic (exact) mass is 196 g/mol. The molecular formula is C7H14F2N2O2. The molecular weight excluding hydrogens is 182 g/mol. The molecule has 13 heavy (non-hydrogen) atoms. The van der Waals surface area contributed by atoms with Gasteiger partial charge in [-0.1, -0.05) is 0 Å². The molecule has 0 heterocycles. The Balaban J connectivity index is 4.34. The van der Waals surface area contributed by atoms with Gasteiger partial charge in [-0.3, -0.25) is 0 Å². The molecule has 5 N–H and O–H groups in total. The van der Waals surface area contributed by atoms with E-state index in [2.05, 4.69) is 0 Å². The molecule has 2 atom stereocenters. The Kier molecular flexibility index (Phi) is 4.22. The number of carboxylic acid groups (broad SMARTS) is 1. The highest BCUT2D eigenvalue weighted by atomic mass is 19.3. The number of hydrogen-bond acceptors (Lipinski definition) is 3. The van der Waals surface area contributed by atoms with Crippen molar-refractivity contribution < 1.29 is 18.7 Å². The van der Waals surface area contributed by atoms with Gasteiger partial charge in [-0.2, -0.15) is 0 Å². The summed E-state index contributed by atoms with van der Waals surface area (Å²) in [6.45, 7) is 1.60. The summed E-state index contributed by atoms with van der Waals surface area (Å²) >= 11 is 0.